The number of rotatable bonds is 4. The van der Waals surface area contributed by atoms with E-state index >= 15 is 0 Å². The normalized spacial score (nSPS) is 10.5. The summed E-state index contributed by atoms with van der Waals surface area (Å²) < 4.78 is 2.89. The lowest BCUT2D eigenvalue weighted by Crippen LogP contribution is -2.02. The van der Waals surface area contributed by atoms with Gasteiger partial charge >= 0.3 is 0 Å². The van der Waals surface area contributed by atoms with Gasteiger partial charge in [-0.2, -0.15) is 5.10 Å². The molecule has 0 radical (unpaired) electrons. The lowest BCUT2D eigenvalue weighted by atomic mass is 10.3. The molecule has 2 heterocycles. The number of pyridine rings is 1. The molecule has 0 saturated heterocycles. The summed E-state index contributed by atoms with van der Waals surface area (Å²) in [6.07, 6.45) is 3.91. The van der Waals surface area contributed by atoms with Gasteiger partial charge in [0.2, 0.25) is 0 Å². The van der Waals surface area contributed by atoms with Crippen LogP contribution in [0.1, 0.15) is 18.2 Å². The van der Waals surface area contributed by atoms with E-state index in [2.05, 4.69) is 38.3 Å². The summed E-state index contributed by atoms with van der Waals surface area (Å²) in [7, 11) is 0. The Hall–Kier alpha value is -1.36. The smallest absolute Gasteiger partial charge is 0.140 e. The number of hydrogen-bond donors (Lipinski definition) is 1. The van der Waals surface area contributed by atoms with Crippen molar-refractivity contribution in [2.75, 3.05) is 5.32 Å². The van der Waals surface area contributed by atoms with E-state index < -0.39 is 0 Å². The monoisotopic (exact) mass is 294 g/mol. The van der Waals surface area contributed by atoms with Crippen molar-refractivity contribution in [2.45, 2.75) is 26.9 Å². The van der Waals surface area contributed by atoms with Crippen LogP contribution >= 0.6 is 15.9 Å². The SMILES string of the molecule is CCn1cc(CNc2nc(C)ccc2Br)cn1. The molecule has 0 aliphatic heterocycles. The van der Waals surface area contributed by atoms with Gasteiger partial charge < -0.3 is 5.32 Å². The second-order valence-corrected chi connectivity index (χ2v) is 4.70. The van der Waals surface area contributed by atoms with Crippen LogP contribution in [-0.4, -0.2) is 14.8 Å². The van der Waals surface area contributed by atoms with Gasteiger partial charge in [0.05, 0.1) is 10.7 Å². The minimum atomic E-state index is 0.731. The van der Waals surface area contributed by atoms with Crippen molar-refractivity contribution >= 4 is 21.7 Å². The van der Waals surface area contributed by atoms with Crippen molar-refractivity contribution in [3.8, 4) is 0 Å². The molecule has 2 rings (SSSR count). The third kappa shape index (κ3) is 3.06. The number of hydrogen-bond acceptors (Lipinski definition) is 3. The number of halogens is 1. The van der Waals surface area contributed by atoms with Gasteiger partial charge in [-0.05, 0) is 41.9 Å². The van der Waals surface area contributed by atoms with Crippen molar-refractivity contribution in [3.63, 3.8) is 0 Å². The van der Waals surface area contributed by atoms with Crippen molar-refractivity contribution in [1.82, 2.24) is 14.8 Å². The van der Waals surface area contributed by atoms with E-state index in [1.54, 1.807) is 0 Å². The molecule has 0 aromatic carbocycles. The predicted octanol–water partition coefficient (Wildman–Crippen LogP) is 2.98. The molecule has 90 valence electrons. The van der Waals surface area contributed by atoms with E-state index in [0.717, 1.165) is 34.6 Å². The molecule has 2 aromatic heterocycles. The zero-order chi connectivity index (χ0) is 12.3. The fourth-order valence-electron chi connectivity index (χ4n) is 1.52. The van der Waals surface area contributed by atoms with Crippen molar-refractivity contribution in [2.24, 2.45) is 0 Å². The standard InChI is InChI=1S/C12H15BrN4/c1-3-17-8-10(7-15-17)6-14-12-11(13)5-4-9(2)16-12/h4-5,7-8H,3,6H2,1-2H3,(H,14,16). The van der Waals surface area contributed by atoms with Gasteiger partial charge in [0.15, 0.2) is 0 Å². The first kappa shape index (κ1) is 12.1. The Balaban J connectivity index is 2.04. The van der Waals surface area contributed by atoms with Crippen LogP contribution in [0.25, 0.3) is 0 Å². The maximum absolute atomic E-state index is 4.43. The lowest BCUT2D eigenvalue weighted by Gasteiger charge is -2.06. The van der Waals surface area contributed by atoms with Crippen LogP contribution in [0, 0.1) is 6.92 Å². The first-order valence-corrected chi connectivity index (χ1v) is 6.36. The van der Waals surface area contributed by atoms with Crippen LogP contribution in [0.15, 0.2) is 29.0 Å². The zero-order valence-corrected chi connectivity index (χ0v) is 11.5. The molecule has 0 aliphatic carbocycles. The molecule has 0 fully saturated rings. The van der Waals surface area contributed by atoms with Crippen LogP contribution < -0.4 is 5.32 Å². The number of nitrogens with one attached hydrogen (secondary N) is 1. The topological polar surface area (TPSA) is 42.7 Å². The third-order valence-corrected chi connectivity index (χ3v) is 3.10. The van der Waals surface area contributed by atoms with E-state index in [4.69, 9.17) is 0 Å². The van der Waals surface area contributed by atoms with Gasteiger partial charge in [-0.1, -0.05) is 0 Å². The maximum atomic E-state index is 4.43. The van der Waals surface area contributed by atoms with E-state index in [-0.39, 0.29) is 0 Å². The summed E-state index contributed by atoms with van der Waals surface area (Å²) in [5, 5.41) is 7.53. The van der Waals surface area contributed by atoms with Crippen molar-refractivity contribution in [3.05, 3.63) is 40.3 Å². The number of aryl methyl sites for hydroxylation is 2. The van der Waals surface area contributed by atoms with Crippen LogP contribution in [0.2, 0.25) is 0 Å². The van der Waals surface area contributed by atoms with E-state index in [9.17, 15) is 0 Å². The van der Waals surface area contributed by atoms with Gasteiger partial charge in [0.1, 0.15) is 5.82 Å². The Bertz CT molecular complexity index is 507. The second kappa shape index (κ2) is 5.31. The van der Waals surface area contributed by atoms with E-state index in [1.807, 2.05) is 36.1 Å². The lowest BCUT2D eigenvalue weighted by molar-refractivity contribution is 0.659. The first-order valence-electron chi connectivity index (χ1n) is 5.57. The van der Waals surface area contributed by atoms with Crippen molar-refractivity contribution < 1.29 is 0 Å². The second-order valence-electron chi connectivity index (χ2n) is 3.84. The third-order valence-electron chi connectivity index (χ3n) is 2.46. The molecule has 0 spiro atoms. The average molecular weight is 295 g/mol. The van der Waals surface area contributed by atoms with Gasteiger partial charge in [-0.3, -0.25) is 4.68 Å². The van der Waals surface area contributed by atoms with Crippen LogP contribution in [-0.2, 0) is 13.1 Å². The molecule has 1 N–H and O–H groups in total. The van der Waals surface area contributed by atoms with Gasteiger partial charge in [-0.25, -0.2) is 4.98 Å². The van der Waals surface area contributed by atoms with Gasteiger partial charge in [0.25, 0.3) is 0 Å². The Morgan fingerprint density at radius 3 is 2.94 bits per heavy atom. The molecule has 0 bridgehead atoms. The first-order chi connectivity index (χ1) is 8.19. The minimum Gasteiger partial charge on any atom is -0.365 e. The molecule has 2 aromatic rings. The highest BCUT2D eigenvalue weighted by atomic mass is 79.9. The van der Waals surface area contributed by atoms with Crippen LogP contribution in [0.5, 0.6) is 0 Å². The van der Waals surface area contributed by atoms with E-state index in [0.29, 0.717) is 0 Å². The molecular weight excluding hydrogens is 280 g/mol. The van der Waals surface area contributed by atoms with Crippen molar-refractivity contribution in [1.29, 1.82) is 0 Å². The molecular formula is C12H15BrN4. The van der Waals surface area contributed by atoms with Gasteiger partial charge in [-0.15, -0.1) is 0 Å². The molecule has 17 heavy (non-hydrogen) atoms. The Labute approximate surface area is 109 Å². The predicted molar refractivity (Wildman–Crippen MR) is 71.9 cm³/mol. The summed E-state index contributed by atoms with van der Waals surface area (Å²) in [5.74, 6) is 0.870. The summed E-state index contributed by atoms with van der Waals surface area (Å²) >= 11 is 3.48. The highest BCUT2D eigenvalue weighted by molar-refractivity contribution is 9.10. The van der Waals surface area contributed by atoms with Crippen LogP contribution in [0.3, 0.4) is 0 Å². The summed E-state index contributed by atoms with van der Waals surface area (Å²) in [5.41, 5.74) is 2.15. The number of nitrogens with zero attached hydrogens (tertiary/aromatic N) is 3. The van der Waals surface area contributed by atoms with E-state index in [1.165, 1.54) is 0 Å². The molecule has 5 heteroatoms. The fourth-order valence-corrected chi connectivity index (χ4v) is 1.88. The number of aromatic nitrogens is 3. The summed E-state index contributed by atoms with van der Waals surface area (Å²) in [6, 6.07) is 3.98. The fraction of sp³-hybridized carbons (Fsp3) is 0.333. The van der Waals surface area contributed by atoms with Gasteiger partial charge in [0, 0.05) is 30.5 Å². The molecule has 0 amide bonds. The Kier molecular flexibility index (Phi) is 3.78. The number of anilines is 1. The molecule has 0 unspecified atom stereocenters. The Morgan fingerprint density at radius 2 is 2.24 bits per heavy atom. The largest absolute Gasteiger partial charge is 0.365 e. The zero-order valence-electron chi connectivity index (χ0n) is 9.94. The summed E-state index contributed by atoms with van der Waals surface area (Å²) in [6.45, 7) is 5.68. The quantitative estimate of drug-likeness (QED) is 0.943. The average Bonchev–Trinajstić information content (AvgIpc) is 2.78. The minimum absolute atomic E-state index is 0.731. The Morgan fingerprint density at radius 1 is 1.41 bits per heavy atom. The van der Waals surface area contributed by atoms with Crippen LogP contribution in [0.4, 0.5) is 5.82 Å². The highest BCUT2D eigenvalue weighted by Crippen LogP contribution is 2.20. The maximum Gasteiger partial charge on any atom is 0.140 e. The molecule has 0 saturated carbocycles. The summed E-state index contributed by atoms with van der Waals surface area (Å²) in [4.78, 5) is 4.43. The molecule has 0 aliphatic rings. The highest BCUT2D eigenvalue weighted by Gasteiger charge is 2.02. The molecule has 4 nitrogen and oxygen atoms in total. The molecule has 0 atom stereocenters.